The number of Topliss-reactive ketones (excluding diaryl/α,β-unsaturated/α-hetero) is 1. The third-order valence-corrected chi connectivity index (χ3v) is 4.70. The standard InChI is InChI=1S/C20H22FNO2/c21-18-8-6-16(7-9-18)20(24)17-10-12-22(13-11-17)14-19(23)15-4-2-1-3-5-15/h1-9,17,19,23H,10-14H2. The molecular weight excluding hydrogens is 305 g/mol. The first-order chi connectivity index (χ1) is 11.6. The van der Waals surface area contributed by atoms with Crippen LogP contribution in [0.3, 0.4) is 0 Å². The molecule has 1 atom stereocenters. The Morgan fingerprint density at radius 2 is 1.71 bits per heavy atom. The summed E-state index contributed by atoms with van der Waals surface area (Å²) >= 11 is 0. The third kappa shape index (κ3) is 4.08. The Labute approximate surface area is 141 Å². The van der Waals surface area contributed by atoms with Crippen molar-refractivity contribution in [2.45, 2.75) is 18.9 Å². The van der Waals surface area contributed by atoms with Crippen LogP contribution in [0.4, 0.5) is 4.39 Å². The molecule has 1 saturated heterocycles. The molecule has 1 fully saturated rings. The summed E-state index contributed by atoms with van der Waals surface area (Å²) in [5.41, 5.74) is 1.50. The predicted molar refractivity (Wildman–Crippen MR) is 91.3 cm³/mol. The molecule has 2 aromatic rings. The van der Waals surface area contributed by atoms with Gasteiger partial charge in [-0.25, -0.2) is 4.39 Å². The number of ketones is 1. The SMILES string of the molecule is O=C(c1ccc(F)cc1)C1CCN(CC(O)c2ccccc2)CC1. The molecule has 1 heterocycles. The fraction of sp³-hybridized carbons (Fsp3) is 0.350. The maximum Gasteiger partial charge on any atom is 0.166 e. The minimum atomic E-state index is -0.504. The van der Waals surface area contributed by atoms with Crippen LogP contribution in [0.15, 0.2) is 54.6 Å². The zero-order chi connectivity index (χ0) is 16.9. The molecule has 0 spiro atoms. The number of aliphatic hydroxyl groups excluding tert-OH is 1. The lowest BCUT2D eigenvalue weighted by atomic mass is 9.88. The maximum absolute atomic E-state index is 13.0. The monoisotopic (exact) mass is 327 g/mol. The first-order valence-electron chi connectivity index (χ1n) is 8.38. The molecule has 2 aromatic carbocycles. The topological polar surface area (TPSA) is 40.5 Å². The highest BCUT2D eigenvalue weighted by molar-refractivity contribution is 5.97. The fourth-order valence-electron chi connectivity index (χ4n) is 3.25. The lowest BCUT2D eigenvalue weighted by molar-refractivity contribution is 0.0727. The lowest BCUT2D eigenvalue weighted by Gasteiger charge is -2.32. The van der Waals surface area contributed by atoms with Gasteiger partial charge in [0, 0.05) is 18.0 Å². The van der Waals surface area contributed by atoms with Crippen LogP contribution in [0, 0.1) is 11.7 Å². The van der Waals surface area contributed by atoms with Gasteiger partial charge in [-0.15, -0.1) is 0 Å². The number of rotatable bonds is 5. The van der Waals surface area contributed by atoms with Crippen LogP contribution in [0.25, 0.3) is 0 Å². The van der Waals surface area contributed by atoms with Crippen LogP contribution >= 0.6 is 0 Å². The second-order valence-corrected chi connectivity index (χ2v) is 6.37. The highest BCUT2D eigenvalue weighted by atomic mass is 19.1. The molecule has 4 heteroatoms. The van der Waals surface area contributed by atoms with Gasteiger partial charge in [-0.05, 0) is 55.8 Å². The minimum Gasteiger partial charge on any atom is -0.387 e. The van der Waals surface area contributed by atoms with Crippen molar-refractivity contribution in [3.05, 3.63) is 71.5 Å². The molecule has 24 heavy (non-hydrogen) atoms. The van der Waals surface area contributed by atoms with Crippen LogP contribution in [-0.2, 0) is 0 Å². The smallest absolute Gasteiger partial charge is 0.166 e. The molecule has 1 N–H and O–H groups in total. The number of likely N-dealkylation sites (tertiary alicyclic amines) is 1. The Kier molecular flexibility index (Phi) is 5.38. The third-order valence-electron chi connectivity index (χ3n) is 4.70. The van der Waals surface area contributed by atoms with E-state index in [0.29, 0.717) is 12.1 Å². The molecule has 3 nitrogen and oxygen atoms in total. The van der Waals surface area contributed by atoms with Gasteiger partial charge >= 0.3 is 0 Å². The van der Waals surface area contributed by atoms with E-state index in [2.05, 4.69) is 4.90 Å². The predicted octanol–water partition coefficient (Wildman–Crippen LogP) is 3.45. The molecule has 0 amide bonds. The van der Waals surface area contributed by atoms with Crippen LogP contribution in [0.1, 0.15) is 34.9 Å². The number of piperidine rings is 1. The van der Waals surface area contributed by atoms with Gasteiger partial charge in [0.25, 0.3) is 0 Å². The van der Waals surface area contributed by atoms with E-state index in [4.69, 9.17) is 0 Å². The summed E-state index contributed by atoms with van der Waals surface area (Å²) in [5.74, 6) is -0.241. The van der Waals surface area contributed by atoms with Crippen LogP contribution < -0.4 is 0 Å². The molecule has 1 aliphatic rings. The normalized spacial score (nSPS) is 17.6. The van der Waals surface area contributed by atoms with Crippen molar-refractivity contribution in [1.29, 1.82) is 0 Å². The Morgan fingerprint density at radius 3 is 2.33 bits per heavy atom. The van der Waals surface area contributed by atoms with Crippen molar-refractivity contribution in [2.75, 3.05) is 19.6 Å². The molecule has 126 valence electrons. The second-order valence-electron chi connectivity index (χ2n) is 6.37. The number of β-amino-alcohol motifs (C(OH)–C–C–N with tert-alkyl or cyclic N) is 1. The van der Waals surface area contributed by atoms with Crippen LogP contribution in [-0.4, -0.2) is 35.4 Å². The number of benzene rings is 2. The van der Waals surface area contributed by atoms with Gasteiger partial charge in [0.1, 0.15) is 5.82 Å². The Morgan fingerprint density at radius 1 is 1.08 bits per heavy atom. The molecule has 1 unspecified atom stereocenters. The van der Waals surface area contributed by atoms with Crippen molar-refractivity contribution in [2.24, 2.45) is 5.92 Å². The van der Waals surface area contributed by atoms with E-state index in [9.17, 15) is 14.3 Å². The summed E-state index contributed by atoms with van der Waals surface area (Å²) in [6.07, 6.45) is 1.05. The number of nitrogens with zero attached hydrogens (tertiary/aromatic N) is 1. The average Bonchev–Trinajstić information content (AvgIpc) is 2.63. The molecule has 0 radical (unpaired) electrons. The van der Waals surface area contributed by atoms with E-state index in [1.807, 2.05) is 30.3 Å². The summed E-state index contributed by atoms with van der Waals surface area (Å²) < 4.78 is 13.0. The van der Waals surface area contributed by atoms with E-state index in [-0.39, 0.29) is 17.5 Å². The van der Waals surface area contributed by atoms with E-state index in [1.165, 1.54) is 12.1 Å². The Bertz CT molecular complexity index is 664. The van der Waals surface area contributed by atoms with Gasteiger partial charge in [-0.1, -0.05) is 30.3 Å². The largest absolute Gasteiger partial charge is 0.387 e. The van der Waals surface area contributed by atoms with E-state index < -0.39 is 6.10 Å². The lowest BCUT2D eigenvalue weighted by Crippen LogP contribution is -2.38. The highest BCUT2D eigenvalue weighted by Crippen LogP contribution is 2.24. The van der Waals surface area contributed by atoms with Gasteiger partial charge in [-0.3, -0.25) is 4.79 Å². The number of hydrogen-bond donors (Lipinski definition) is 1. The number of carbonyl (C=O) groups is 1. The first kappa shape index (κ1) is 16.8. The minimum absolute atomic E-state index is 0.0134. The van der Waals surface area contributed by atoms with Gasteiger partial charge in [0.05, 0.1) is 6.10 Å². The van der Waals surface area contributed by atoms with Gasteiger partial charge in [0.15, 0.2) is 5.78 Å². The molecule has 1 aliphatic heterocycles. The number of halogens is 1. The van der Waals surface area contributed by atoms with Crippen molar-refractivity contribution in [1.82, 2.24) is 4.90 Å². The number of carbonyl (C=O) groups excluding carboxylic acids is 1. The number of aliphatic hydroxyl groups is 1. The average molecular weight is 327 g/mol. The van der Waals surface area contributed by atoms with Crippen molar-refractivity contribution in [3.8, 4) is 0 Å². The quantitative estimate of drug-likeness (QED) is 0.855. The van der Waals surface area contributed by atoms with Crippen LogP contribution in [0.2, 0.25) is 0 Å². The van der Waals surface area contributed by atoms with E-state index in [1.54, 1.807) is 12.1 Å². The van der Waals surface area contributed by atoms with Crippen LogP contribution in [0.5, 0.6) is 0 Å². The molecule has 0 aromatic heterocycles. The van der Waals surface area contributed by atoms with Gasteiger partial charge in [0.2, 0.25) is 0 Å². The summed E-state index contributed by atoms with van der Waals surface area (Å²) in [6, 6.07) is 15.4. The second kappa shape index (κ2) is 7.69. The van der Waals surface area contributed by atoms with Crippen molar-refractivity contribution in [3.63, 3.8) is 0 Å². The van der Waals surface area contributed by atoms with E-state index in [0.717, 1.165) is 31.5 Å². The van der Waals surface area contributed by atoms with E-state index >= 15 is 0 Å². The molecule has 0 saturated carbocycles. The molecule has 0 bridgehead atoms. The zero-order valence-electron chi connectivity index (χ0n) is 13.6. The van der Waals surface area contributed by atoms with Gasteiger partial charge in [-0.2, -0.15) is 0 Å². The van der Waals surface area contributed by atoms with Gasteiger partial charge < -0.3 is 10.0 Å². The Balaban J connectivity index is 1.52. The summed E-state index contributed by atoms with van der Waals surface area (Å²) in [7, 11) is 0. The zero-order valence-corrected chi connectivity index (χ0v) is 13.6. The summed E-state index contributed by atoms with van der Waals surface area (Å²) in [4.78, 5) is 14.7. The first-order valence-corrected chi connectivity index (χ1v) is 8.38. The molecule has 0 aliphatic carbocycles. The summed E-state index contributed by atoms with van der Waals surface area (Å²) in [6.45, 7) is 2.17. The summed E-state index contributed by atoms with van der Waals surface area (Å²) in [5, 5.41) is 10.3. The van der Waals surface area contributed by atoms with Crippen molar-refractivity contribution >= 4 is 5.78 Å². The molecule has 3 rings (SSSR count). The Hall–Kier alpha value is -2.04. The van der Waals surface area contributed by atoms with Crippen molar-refractivity contribution < 1.29 is 14.3 Å². The molecular formula is C20H22FNO2. The fourth-order valence-corrected chi connectivity index (χ4v) is 3.25. The highest BCUT2D eigenvalue weighted by Gasteiger charge is 2.26. The maximum atomic E-state index is 13.0. The number of hydrogen-bond acceptors (Lipinski definition) is 3.